The van der Waals surface area contributed by atoms with Gasteiger partial charge in [0.25, 0.3) is 0 Å². The van der Waals surface area contributed by atoms with Crippen molar-refractivity contribution < 1.29 is 14.3 Å². The summed E-state index contributed by atoms with van der Waals surface area (Å²) in [5.41, 5.74) is 11.4. The molecule has 0 fully saturated rings. The van der Waals surface area contributed by atoms with Gasteiger partial charge in [0.05, 0.1) is 17.0 Å². The standard InChI is InChI=1S/C30H29N3O4/c1-17-13-24(19(3)33-26-8-6-5-7-23(26)30(35)36)29-25(14-17)27(34)18(2)28(37-29)21-11-9-20(10-12-21)22(15-31)16-32-4/h5-16,19,33H,31H2,1-4H3,(H,35,36)/t19-/m1/s1. The van der Waals surface area contributed by atoms with Crippen LogP contribution in [-0.4, -0.2) is 24.3 Å². The molecule has 4 rings (SSSR count). The first-order valence-electron chi connectivity index (χ1n) is 11.9. The van der Waals surface area contributed by atoms with Crippen LogP contribution in [0.5, 0.6) is 0 Å². The Morgan fingerprint density at radius 2 is 1.81 bits per heavy atom. The van der Waals surface area contributed by atoms with Crippen LogP contribution in [0.1, 0.15) is 45.6 Å². The van der Waals surface area contributed by atoms with Gasteiger partial charge < -0.3 is 20.6 Å². The van der Waals surface area contributed by atoms with Crippen LogP contribution in [-0.2, 0) is 0 Å². The van der Waals surface area contributed by atoms with Gasteiger partial charge in [0.15, 0.2) is 5.43 Å². The average molecular weight is 496 g/mol. The van der Waals surface area contributed by atoms with E-state index in [1.54, 1.807) is 44.5 Å². The predicted molar refractivity (Wildman–Crippen MR) is 149 cm³/mol. The number of carboxylic acids is 1. The van der Waals surface area contributed by atoms with Gasteiger partial charge in [-0.15, -0.1) is 0 Å². The number of fused-ring (bicyclic) bond motifs is 1. The Hall–Kier alpha value is -4.65. The zero-order valence-electron chi connectivity index (χ0n) is 21.2. The summed E-state index contributed by atoms with van der Waals surface area (Å²) in [5, 5.41) is 13.3. The molecular weight excluding hydrogens is 466 g/mol. The quantitative estimate of drug-likeness (QED) is 0.273. The van der Waals surface area contributed by atoms with Crippen LogP contribution in [0.25, 0.3) is 27.9 Å². The second-order valence-corrected chi connectivity index (χ2v) is 8.92. The highest BCUT2D eigenvalue weighted by Gasteiger charge is 2.20. The summed E-state index contributed by atoms with van der Waals surface area (Å²) in [6, 6.07) is 17.8. The number of nitrogens with two attached hydrogens (primary N) is 1. The highest BCUT2D eigenvalue weighted by atomic mass is 16.4. The Morgan fingerprint density at radius 3 is 2.46 bits per heavy atom. The monoisotopic (exact) mass is 495 g/mol. The number of carbonyl (C=O) groups is 1. The van der Waals surface area contributed by atoms with Crippen LogP contribution in [0.2, 0.25) is 0 Å². The number of aromatic carboxylic acids is 1. The van der Waals surface area contributed by atoms with Gasteiger partial charge in [-0.1, -0.05) is 42.5 Å². The van der Waals surface area contributed by atoms with Crippen molar-refractivity contribution in [3.63, 3.8) is 0 Å². The predicted octanol–water partition coefficient (Wildman–Crippen LogP) is 5.95. The number of nitrogens with zero attached hydrogens (tertiary/aromatic N) is 1. The van der Waals surface area contributed by atoms with Crippen LogP contribution >= 0.6 is 0 Å². The zero-order chi connectivity index (χ0) is 26.7. The van der Waals surface area contributed by atoms with Crippen molar-refractivity contribution in [3.8, 4) is 11.3 Å². The van der Waals surface area contributed by atoms with Gasteiger partial charge in [0, 0.05) is 47.4 Å². The number of rotatable bonds is 7. The molecule has 0 unspecified atom stereocenters. The Kier molecular flexibility index (Phi) is 7.25. The van der Waals surface area contributed by atoms with Crippen molar-refractivity contribution in [2.45, 2.75) is 26.8 Å². The first-order valence-corrected chi connectivity index (χ1v) is 11.9. The molecule has 1 atom stereocenters. The van der Waals surface area contributed by atoms with E-state index in [2.05, 4.69) is 10.3 Å². The minimum atomic E-state index is -1.02. The van der Waals surface area contributed by atoms with Crippen molar-refractivity contribution >= 4 is 34.4 Å². The topological polar surface area (TPSA) is 118 Å². The lowest BCUT2D eigenvalue weighted by molar-refractivity contribution is 0.0698. The van der Waals surface area contributed by atoms with Crippen molar-refractivity contribution in [2.75, 3.05) is 12.4 Å². The molecule has 0 saturated carbocycles. The number of allylic oxidation sites excluding steroid dienone is 1. The van der Waals surface area contributed by atoms with Crippen molar-refractivity contribution in [1.29, 1.82) is 0 Å². The molecule has 1 heterocycles. The van der Waals surface area contributed by atoms with Gasteiger partial charge in [-0.25, -0.2) is 4.79 Å². The summed E-state index contributed by atoms with van der Waals surface area (Å²) in [6.45, 7) is 5.60. The van der Waals surface area contributed by atoms with Gasteiger partial charge in [-0.2, -0.15) is 0 Å². The third-order valence-electron chi connectivity index (χ3n) is 6.32. The second-order valence-electron chi connectivity index (χ2n) is 8.92. The fourth-order valence-electron chi connectivity index (χ4n) is 4.44. The molecule has 3 aromatic carbocycles. The number of benzene rings is 3. The summed E-state index contributed by atoms with van der Waals surface area (Å²) in [7, 11) is 1.68. The molecular formula is C30H29N3O4. The number of para-hydroxylation sites is 1. The first-order chi connectivity index (χ1) is 17.7. The molecule has 188 valence electrons. The maximum atomic E-state index is 13.5. The van der Waals surface area contributed by atoms with Gasteiger partial charge >= 0.3 is 5.97 Å². The number of anilines is 1. The Balaban J connectivity index is 1.84. The molecule has 0 aliphatic rings. The van der Waals surface area contributed by atoms with Crippen LogP contribution in [0.4, 0.5) is 5.69 Å². The molecule has 0 radical (unpaired) electrons. The number of aryl methyl sites for hydroxylation is 1. The van der Waals surface area contributed by atoms with E-state index < -0.39 is 5.97 Å². The average Bonchev–Trinajstić information content (AvgIpc) is 2.89. The third-order valence-corrected chi connectivity index (χ3v) is 6.32. The van der Waals surface area contributed by atoms with E-state index in [0.29, 0.717) is 28.0 Å². The number of aliphatic imine (C=N–C) groups is 1. The molecule has 0 aliphatic heterocycles. The summed E-state index contributed by atoms with van der Waals surface area (Å²) < 4.78 is 6.43. The van der Waals surface area contributed by atoms with Gasteiger partial charge in [0.1, 0.15) is 11.3 Å². The minimum absolute atomic E-state index is 0.107. The fourth-order valence-corrected chi connectivity index (χ4v) is 4.44. The molecule has 1 aromatic heterocycles. The third kappa shape index (κ3) is 5.02. The summed E-state index contributed by atoms with van der Waals surface area (Å²) >= 11 is 0. The minimum Gasteiger partial charge on any atom is -0.478 e. The summed E-state index contributed by atoms with van der Waals surface area (Å²) in [4.78, 5) is 29.2. The summed E-state index contributed by atoms with van der Waals surface area (Å²) in [6.07, 6.45) is 3.18. The number of nitrogens with one attached hydrogen (secondary N) is 1. The molecule has 37 heavy (non-hydrogen) atoms. The van der Waals surface area contributed by atoms with E-state index >= 15 is 0 Å². The van der Waals surface area contributed by atoms with E-state index in [1.165, 1.54) is 6.20 Å². The molecule has 7 nitrogen and oxygen atoms in total. The molecule has 0 saturated heterocycles. The second kappa shape index (κ2) is 10.5. The SMILES string of the molecule is CN=CC(=CN)c1ccc(-c2oc3c([C@@H](C)Nc4ccccc4C(=O)O)cc(C)cc3c(=O)c2C)cc1. The maximum Gasteiger partial charge on any atom is 0.337 e. The van der Waals surface area contributed by atoms with E-state index in [9.17, 15) is 14.7 Å². The lowest BCUT2D eigenvalue weighted by Gasteiger charge is -2.20. The molecule has 0 amide bonds. The number of hydrogen-bond acceptors (Lipinski definition) is 6. The van der Waals surface area contributed by atoms with Crippen molar-refractivity contribution in [2.24, 2.45) is 10.7 Å². The van der Waals surface area contributed by atoms with Crippen molar-refractivity contribution in [1.82, 2.24) is 0 Å². The lowest BCUT2D eigenvalue weighted by Crippen LogP contribution is -2.14. The number of carboxylic acid groups (broad SMARTS) is 1. The first kappa shape index (κ1) is 25.4. The Labute approximate surface area is 215 Å². The highest BCUT2D eigenvalue weighted by Crippen LogP contribution is 2.33. The van der Waals surface area contributed by atoms with Gasteiger partial charge in [0.2, 0.25) is 0 Å². The van der Waals surface area contributed by atoms with Crippen molar-refractivity contribution in [3.05, 3.63) is 105 Å². The van der Waals surface area contributed by atoms with Gasteiger partial charge in [-0.3, -0.25) is 9.79 Å². The molecule has 7 heteroatoms. The molecule has 0 spiro atoms. The lowest BCUT2D eigenvalue weighted by atomic mass is 9.98. The van der Waals surface area contributed by atoms with Crippen LogP contribution < -0.4 is 16.5 Å². The highest BCUT2D eigenvalue weighted by molar-refractivity contribution is 6.09. The Bertz CT molecular complexity index is 1600. The van der Waals surface area contributed by atoms with E-state index in [4.69, 9.17) is 10.2 Å². The normalized spacial score (nSPS) is 12.7. The van der Waals surface area contributed by atoms with Crippen LogP contribution in [0.15, 0.2) is 81.1 Å². The smallest absolute Gasteiger partial charge is 0.337 e. The van der Waals surface area contributed by atoms with E-state index in [1.807, 2.05) is 50.2 Å². The number of hydrogen-bond donors (Lipinski definition) is 3. The molecule has 0 bridgehead atoms. The molecule has 0 aliphatic carbocycles. The molecule has 4 aromatic rings. The molecule has 4 N–H and O–H groups in total. The van der Waals surface area contributed by atoms with E-state index in [0.717, 1.165) is 27.8 Å². The maximum absolute atomic E-state index is 13.5. The van der Waals surface area contributed by atoms with Crippen LogP contribution in [0, 0.1) is 13.8 Å². The van der Waals surface area contributed by atoms with Gasteiger partial charge in [-0.05, 0) is 50.1 Å². The summed E-state index contributed by atoms with van der Waals surface area (Å²) in [5.74, 6) is -0.537. The Morgan fingerprint density at radius 1 is 1.11 bits per heavy atom. The fraction of sp³-hybridized carbons (Fsp3) is 0.167. The zero-order valence-corrected chi connectivity index (χ0v) is 21.2. The van der Waals surface area contributed by atoms with Crippen LogP contribution in [0.3, 0.4) is 0 Å². The largest absolute Gasteiger partial charge is 0.478 e. The van der Waals surface area contributed by atoms with E-state index in [-0.39, 0.29) is 17.0 Å².